The van der Waals surface area contributed by atoms with Crippen molar-refractivity contribution in [3.63, 3.8) is 0 Å². The number of hydrogen-bond donors (Lipinski definition) is 2. The van der Waals surface area contributed by atoms with E-state index in [9.17, 15) is 4.79 Å². The van der Waals surface area contributed by atoms with Crippen LogP contribution < -0.4 is 15.8 Å². The maximum Gasteiger partial charge on any atom is 0.291 e. The maximum atomic E-state index is 12.0. The number of anilines is 1. The minimum absolute atomic E-state index is 0.241. The summed E-state index contributed by atoms with van der Waals surface area (Å²) >= 11 is 0. The van der Waals surface area contributed by atoms with E-state index in [1.165, 1.54) is 0 Å². The molecule has 2 rings (SSSR count). The van der Waals surface area contributed by atoms with Gasteiger partial charge in [-0.15, -0.1) is 0 Å². The normalized spacial score (nSPS) is 10.3. The van der Waals surface area contributed by atoms with Crippen LogP contribution in [0.15, 0.2) is 40.8 Å². The Morgan fingerprint density at radius 2 is 2.20 bits per heavy atom. The van der Waals surface area contributed by atoms with Gasteiger partial charge in [0.15, 0.2) is 5.76 Å². The number of nitrogens with one attached hydrogen (secondary N) is 1. The number of hydrogen-bond acceptors (Lipinski definition) is 4. The van der Waals surface area contributed by atoms with Gasteiger partial charge in [0.05, 0.1) is 13.2 Å². The van der Waals surface area contributed by atoms with E-state index in [2.05, 4.69) is 5.32 Å². The lowest BCUT2D eigenvalue weighted by Gasteiger charge is -2.07. The Morgan fingerprint density at radius 3 is 2.90 bits per heavy atom. The van der Waals surface area contributed by atoms with Crippen molar-refractivity contribution in [2.24, 2.45) is 5.73 Å². The molecule has 3 N–H and O–H groups in total. The van der Waals surface area contributed by atoms with Crippen LogP contribution in [0.2, 0.25) is 0 Å². The first-order chi connectivity index (χ1) is 9.72. The molecule has 1 aromatic heterocycles. The molecule has 0 saturated heterocycles. The average molecular weight is 274 g/mol. The van der Waals surface area contributed by atoms with Crippen molar-refractivity contribution >= 4 is 11.6 Å². The van der Waals surface area contributed by atoms with Crippen molar-refractivity contribution in [3.8, 4) is 5.75 Å². The standard InChI is InChI=1S/C15H18N2O3/c1-2-8-19-12-5-3-4-11(9-12)17-15(18)14-7-6-13(10-16)20-14/h3-7,9H,2,8,10,16H2,1H3,(H,17,18). The van der Waals surface area contributed by atoms with Crippen molar-refractivity contribution in [1.29, 1.82) is 0 Å². The SMILES string of the molecule is CCCOc1cccc(NC(=O)c2ccc(CN)o2)c1. The largest absolute Gasteiger partial charge is 0.494 e. The molecule has 0 atom stereocenters. The van der Waals surface area contributed by atoms with Crippen molar-refractivity contribution in [2.75, 3.05) is 11.9 Å². The fourth-order valence-electron chi connectivity index (χ4n) is 1.69. The van der Waals surface area contributed by atoms with Gasteiger partial charge in [0.1, 0.15) is 11.5 Å². The lowest BCUT2D eigenvalue weighted by molar-refractivity contribution is 0.0995. The van der Waals surface area contributed by atoms with E-state index in [-0.39, 0.29) is 18.2 Å². The van der Waals surface area contributed by atoms with E-state index in [0.717, 1.165) is 12.2 Å². The van der Waals surface area contributed by atoms with Crippen molar-refractivity contribution < 1.29 is 13.9 Å². The quantitative estimate of drug-likeness (QED) is 0.849. The predicted octanol–water partition coefficient (Wildman–Crippen LogP) is 2.78. The summed E-state index contributed by atoms with van der Waals surface area (Å²) < 4.78 is 10.8. The number of ether oxygens (including phenoxy) is 1. The van der Waals surface area contributed by atoms with Crippen LogP contribution in [0.4, 0.5) is 5.69 Å². The Balaban J connectivity index is 2.03. The zero-order valence-electron chi connectivity index (χ0n) is 11.4. The van der Waals surface area contributed by atoms with Crippen molar-refractivity contribution in [3.05, 3.63) is 47.9 Å². The lowest BCUT2D eigenvalue weighted by atomic mass is 10.3. The molecule has 1 aromatic carbocycles. The zero-order valence-corrected chi connectivity index (χ0v) is 11.4. The fourth-order valence-corrected chi connectivity index (χ4v) is 1.69. The van der Waals surface area contributed by atoms with Gasteiger partial charge < -0.3 is 20.2 Å². The predicted molar refractivity (Wildman–Crippen MR) is 76.8 cm³/mol. The first-order valence-electron chi connectivity index (χ1n) is 6.56. The summed E-state index contributed by atoms with van der Waals surface area (Å²) in [6.07, 6.45) is 0.935. The molecule has 0 radical (unpaired) electrons. The van der Waals surface area contributed by atoms with E-state index >= 15 is 0 Å². The summed E-state index contributed by atoms with van der Waals surface area (Å²) in [5.41, 5.74) is 6.10. The highest BCUT2D eigenvalue weighted by Gasteiger charge is 2.11. The van der Waals surface area contributed by atoms with E-state index in [1.807, 2.05) is 19.1 Å². The maximum absolute atomic E-state index is 12.0. The lowest BCUT2D eigenvalue weighted by Crippen LogP contribution is -2.11. The number of amides is 1. The summed E-state index contributed by atoms with van der Waals surface area (Å²) in [5.74, 6) is 1.24. The zero-order chi connectivity index (χ0) is 14.4. The molecule has 0 aliphatic heterocycles. The van der Waals surface area contributed by atoms with Crippen LogP contribution in [0.3, 0.4) is 0 Å². The van der Waals surface area contributed by atoms with Gasteiger partial charge in [-0.2, -0.15) is 0 Å². The Bertz CT molecular complexity index is 578. The van der Waals surface area contributed by atoms with Crippen LogP contribution in [-0.4, -0.2) is 12.5 Å². The van der Waals surface area contributed by atoms with Gasteiger partial charge in [0.25, 0.3) is 5.91 Å². The molecule has 20 heavy (non-hydrogen) atoms. The van der Waals surface area contributed by atoms with Crippen LogP contribution in [0.1, 0.15) is 29.7 Å². The van der Waals surface area contributed by atoms with Gasteiger partial charge in [0, 0.05) is 11.8 Å². The van der Waals surface area contributed by atoms with E-state index < -0.39 is 0 Å². The summed E-state index contributed by atoms with van der Waals surface area (Å²) in [6, 6.07) is 10.5. The molecule has 2 aromatic rings. The van der Waals surface area contributed by atoms with Crippen molar-refractivity contribution in [2.45, 2.75) is 19.9 Å². The van der Waals surface area contributed by atoms with Crippen LogP contribution in [0.5, 0.6) is 5.75 Å². The molecule has 0 spiro atoms. The number of carbonyl (C=O) groups excluding carboxylic acids is 1. The number of nitrogens with two attached hydrogens (primary N) is 1. The van der Waals surface area contributed by atoms with E-state index in [1.54, 1.807) is 24.3 Å². The minimum atomic E-state index is -0.308. The second-order valence-electron chi connectivity index (χ2n) is 4.30. The molecule has 1 heterocycles. The molecule has 0 aliphatic rings. The molecule has 106 valence electrons. The van der Waals surface area contributed by atoms with E-state index in [4.69, 9.17) is 14.9 Å². The topological polar surface area (TPSA) is 77.5 Å². The number of furan rings is 1. The van der Waals surface area contributed by atoms with Crippen LogP contribution in [-0.2, 0) is 6.54 Å². The van der Waals surface area contributed by atoms with Gasteiger partial charge in [-0.25, -0.2) is 0 Å². The monoisotopic (exact) mass is 274 g/mol. The van der Waals surface area contributed by atoms with Crippen molar-refractivity contribution in [1.82, 2.24) is 0 Å². The number of rotatable bonds is 6. The molecule has 5 nitrogen and oxygen atoms in total. The van der Waals surface area contributed by atoms with Gasteiger partial charge in [-0.1, -0.05) is 13.0 Å². The third-order valence-electron chi connectivity index (χ3n) is 2.65. The molecule has 5 heteroatoms. The Hall–Kier alpha value is -2.27. The van der Waals surface area contributed by atoms with Gasteiger partial charge in [0.2, 0.25) is 0 Å². The molecule has 0 bridgehead atoms. The molecule has 0 unspecified atom stereocenters. The summed E-state index contributed by atoms with van der Waals surface area (Å²) in [4.78, 5) is 12.0. The molecule has 0 saturated carbocycles. The third kappa shape index (κ3) is 3.61. The second kappa shape index (κ2) is 6.77. The number of carbonyl (C=O) groups is 1. The summed E-state index contributed by atoms with van der Waals surface area (Å²) in [6.45, 7) is 2.96. The van der Waals surface area contributed by atoms with Crippen LogP contribution in [0.25, 0.3) is 0 Å². The third-order valence-corrected chi connectivity index (χ3v) is 2.65. The van der Waals surface area contributed by atoms with Gasteiger partial charge in [-0.3, -0.25) is 4.79 Å². The van der Waals surface area contributed by atoms with E-state index in [0.29, 0.717) is 18.1 Å². The first kappa shape index (κ1) is 14.1. The Labute approximate surface area is 117 Å². The second-order valence-corrected chi connectivity index (χ2v) is 4.30. The molecular formula is C15H18N2O3. The Kier molecular flexibility index (Phi) is 4.79. The molecular weight excluding hydrogens is 256 g/mol. The van der Waals surface area contributed by atoms with Gasteiger partial charge >= 0.3 is 0 Å². The smallest absolute Gasteiger partial charge is 0.291 e. The molecule has 1 amide bonds. The van der Waals surface area contributed by atoms with Gasteiger partial charge in [-0.05, 0) is 30.7 Å². The minimum Gasteiger partial charge on any atom is -0.494 e. The molecule has 0 aliphatic carbocycles. The summed E-state index contributed by atoms with van der Waals surface area (Å²) in [5, 5.41) is 2.76. The number of benzene rings is 1. The van der Waals surface area contributed by atoms with Crippen LogP contribution >= 0.6 is 0 Å². The summed E-state index contributed by atoms with van der Waals surface area (Å²) in [7, 11) is 0. The first-order valence-corrected chi connectivity index (χ1v) is 6.56. The Morgan fingerprint density at radius 1 is 1.35 bits per heavy atom. The highest BCUT2D eigenvalue weighted by Crippen LogP contribution is 2.18. The highest BCUT2D eigenvalue weighted by atomic mass is 16.5. The average Bonchev–Trinajstić information content (AvgIpc) is 2.94. The fraction of sp³-hybridized carbons (Fsp3) is 0.267. The highest BCUT2D eigenvalue weighted by molar-refractivity contribution is 6.02. The van der Waals surface area contributed by atoms with Crippen LogP contribution in [0, 0.1) is 0 Å². The molecule has 0 fully saturated rings.